The summed E-state index contributed by atoms with van der Waals surface area (Å²) in [5.74, 6) is 1.34. The number of benzene rings is 8. The molecule has 1 aromatic heterocycles. The van der Waals surface area contributed by atoms with E-state index in [1.165, 1.54) is 112 Å². The second-order valence-corrected chi connectivity index (χ2v) is 18.2. The van der Waals surface area contributed by atoms with Crippen molar-refractivity contribution in [3.8, 4) is 44.6 Å². The Balaban J connectivity index is 1.13. The van der Waals surface area contributed by atoms with Gasteiger partial charge in [0.15, 0.2) is 0 Å². The molecule has 60 heavy (non-hydrogen) atoms. The molecule has 13 rings (SSSR count). The molecule has 0 saturated heterocycles. The number of para-hydroxylation sites is 1. The Morgan fingerprint density at radius 2 is 1.33 bits per heavy atom. The molecule has 1 heterocycles. The standard InChI is InChI=1S/C58H44N2/c1-33-15-4-6-17-38(33)40-22-14-23-44-49(40)34(2)50-41-19-8-9-20-42(41)52-51-39-18-7-5-16-35(39)28-29-45(51)54(55(52)53(44)50)57-59-48-25-11-10-21-43(48)56(60-57)36-26-27-37-32-58(3)30-13-12-24-47(58)46(37)31-36/h4-12,14-29,31,34,47,54H,13,30,32H2,1-3H3. The van der Waals surface area contributed by atoms with Crippen LogP contribution < -0.4 is 0 Å². The van der Waals surface area contributed by atoms with Crippen LogP contribution in [0.2, 0.25) is 0 Å². The van der Waals surface area contributed by atoms with Crippen molar-refractivity contribution in [2.45, 2.75) is 57.8 Å². The van der Waals surface area contributed by atoms with Crippen molar-refractivity contribution in [3.63, 3.8) is 0 Å². The van der Waals surface area contributed by atoms with Crippen molar-refractivity contribution >= 4 is 32.4 Å². The molecule has 4 unspecified atom stereocenters. The molecule has 0 fully saturated rings. The molecule has 0 radical (unpaired) electrons. The van der Waals surface area contributed by atoms with Crippen molar-refractivity contribution < 1.29 is 0 Å². The lowest BCUT2D eigenvalue weighted by Gasteiger charge is -2.33. The van der Waals surface area contributed by atoms with Crippen LogP contribution in [0.3, 0.4) is 0 Å². The van der Waals surface area contributed by atoms with Crippen molar-refractivity contribution in [1.82, 2.24) is 9.97 Å². The molecule has 8 aromatic carbocycles. The molecule has 0 spiro atoms. The second kappa shape index (κ2) is 12.4. The first-order valence-electron chi connectivity index (χ1n) is 21.8. The fourth-order valence-corrected chi connectivity index (χ4v) is 12.3. The quantitative estimate of drug-likeness (QED) is 0.167. The zero-order valence-electron chi connectivity index (χ0n) is 34.3. The van der Waals surface area contributed by atoms with E-state index in [9.17, 15) is 0 Å². The molecule has 4 atom stereocenters. The molecule has 0 aliphatic heterocycles. The molecule has 0 amide bonds. The Morgan fingerprint density at radius 1 is 0.583 bits per heavy atom. The van der Waals surface area contributed by atoms with Gasteiger partial charge in [-0.1, -0.05) is 159 Å². The van der Waals surface area contributed by atoms with Gasteiger partial charge in [-0.3, -0.25) is 0 Å². The van der Waals surface area contributed by atoms with E-state index in [2.05, 4.69) is 179 Å². The van der Waals surface area contributed by atoms with E-state index in [4.69, 9.17) is 9.97 Å². The molecule has 2 heteroatoms. The largest absolute Gasteiger partial charge is 0.232 e. The predicted octanol–water partition coefficient (Wildman–Crippen LogP) is 14.9. The van der Waals surface area contributed by atoms with Gasteiger partial charge in [0, 0.05) is 22.8 Å². The van der Waals surface area contributed by atoms with Crippen LogP contribution in [0.1, 0.15) is 89.2 Å². The van der Waals surface area contributed by atoms with Gasteiger partial charge in [0.1, 0.15) is 5.82 Å². The van der Waals surface area contributed by atoms with Crippen LogP contribution in [0.25, 0.3) is 77.1 Å². The summed E-state index contributed by atoms with van der Waals surface area (Å²) < 4.78 is 0. The van der Waals surface area contributed by atoms with E-state index in [0.29, 0.717) is 5.92 Å². The first kappa shape index (κ1) is 34.2. The zero-order valence-corrected chi connectivity index (χ0v) is 34.3. The summed E-state index contributed by atoms with van der Waals surface area (Å²) in [5.41, 5.74) is 21.2. The summed E-state index contributed by atoms with van der Waals surface area (Å²) >= 11 is 0. The van der Waals surface area contributed by atoms with Crippen molar-refractivity contribution in [3.05, 3.63) is 203 Å². The van der Waals surface area contributed by atoms with Crippen LogP contribution >= 0.6 is 0 Å². The highest BCUT2D eigenvalue weighted by molar-refractivity contribution is 6.16. The van der Waals surface area contributed by atoms with Gasteiger partial charge < -0.3 is 0 Å². The average molecular weight is 769 g/mol. The maximum Gasteiger partial charge on any atom is 0.141 e. The number of aromatic nitrogens is 2. The van der Waals surface area contributed by atoms with Gasteiger partial charge >= 0.3 is 0 Å². The van der Waals surface area contributed by atoms with E-state index in [-0.39, 0.29) is 17.3 Å². The average Bonchev–Trinajstić information content (AvgIpc) is 3.91. The third-order valence-electron chi connectivity index (χ3n) is 15.0. The molecule has 0 bridgehead atoms. The Labute approximate surface area is 351 Å². The highest BCUT2D eigenvalue weighted by Gasteiger charge is 2.44. The molecule has 286 valence electrons. The van der Waals surface area contributed by atoms with Gasteiger partial charge in [0.05, 0.1) is 17.1 Å². The van der Waals surface area contributed by atoms with Crippen molar-refractivity contribution in [2.24, 2.45) is 5.41 Å². The van der Waals surface area contributed by atoms with Gasteiger partial charge in [0.25, 0.3) is 0 Å². The van der Waals surface area contributed by atoms with Gasteiger partial charge in [-0.15, -0.1) is 0 Å². The Hall–Kier alpha value is -6.64. The maximum atomic E-state index is 5.81. The third kappa shape index (κ3) is 4.60. The van der Waals surface area contributed by atoms with E-state index in [0.717, 1.165) is 28.8 Å². The lowest BCUT2D eigenvalue weighted by Crippen LogP contribution is -2.22. The molecule has 0 N–H and O–H groups in total. The second-order valence-electron chi connectivity index (χ2n) is 18.2. The van der Waals surface area contributed by atoms with Crippen LogP contribution in [-0.4, -0.2) is 9.97 Å². The van der Waals surface area contributed by atoms with Crippen LogP contribution in [0.15, 0.2) is 158 Å². The number of nitrogens with zero attached hydrogens (tertiary/aromatic N) is 2. The summed E-state index contributed by atoms with van der Waals surface area (Å²) in [7, 11) is 0. The molecule has 0 saturated carbocycles. The van der Waals surface area contributed by atoms with Crippen molar-refractivity contribution in [1.29, 1.82) is 0 Å². The lowest BCUT2D eigenvalue weighted by atomic mass is 9.71. The number of aryl methyl sites for hydroxylation is 1. The van der Waals surface area contributed by atoms with E-state index in [1.807, 2.05) is 0 Å². The molecule has 4 aliphatic rings. The highest BCUT2D eigenvalue weighted by atomic mass is 14.9. The SMILES string of the molecule is Cc1ccccc1-c1cccc2c1C(C)c1c-2c2c(c3ccccc13)-c1c(ccc3ccccc13)C2c1nc(-c2ccc3c(c2)C2C=CCCC2(C)C3)c2ccccc2n1. The normalized spacial score (nSPS) is 20.6. The van der Waals surface area contributed by atoms with Crippen LogP contribution in [0, 0.1) is 12.3 Å². The minimum Gasteiger partial charge on any atom is -0.232 e. The number of hydrogen-bond acceptors (Lipinski definition) is 2. The van der Waals surface area contributed by atoms with Crippen LogP contribution in [0.4, 0.5) is 0 Å². The van der Waals surface area contributed by atoms with Gasteiger partial charge in [0.2, 0.25) is 0 Å². The number of allylic oxidation sites excluding steroid dienone is 2. The minimum absolute atomic E-state index is 0.166. The Bertz CT molecular complexity index is 3370. The van der Waals surface area contributed by atoms with Crippen LogP contribution in [0.5, 0.6) is 0 Å². The Kier molecular flexibility index (Phi) is 7.10. The summed E-state index contributed by atoms with van der Waals surface area (Å²) in [5, 5.41) is 6.29. The third-order valence-corrected chi connectivity index (χ3v) is 15.0. The maximum absolute atomic E-state index is 5.81. The minimum atomic E-state index is -0.166. The van der Waals surface area contributed by atoms with E-state index >= 15 is 0 Å². The Morgan fingerprint density at radius 3 is 2.22 bits per heavy atom. The van der Waals surface area contributed by atoms with E-state index in [1.54, 1.807) is 0 Å². The number of hydrogen-bond donors (Lipinski definition) is 0. The summed E-state index contributed by atoms with van der Waals surface area (Å²) in [4.78, 5) is 11.4. The summed E-state index contributed by atoms with van der Waals surface area (Å²) in [6.45, 7) is 7.16. The van der Waals surface area contributed by atoms with Gasteiger partial charge in [-0.05, 0) is 138 Å². The first-order valence-corrected chi connectivity index (χ1v) is 21.8. The molecule has 4 aliphatic carbocycles. The van der Waals surface area contributed by atoms with Gasteiger partial charge in [-0.2, -0.15) is 0 Å². The van der Waals surface area contributed by atoms with Gasteiger partial charge in [-0.25, -0.2) is 9.97 Å². The molecular weight excluding hydrogens is 725 g/mol. The lowest BCUT2D eigenvalue weighted by molar-refractivity contribution is 0.277. The highest BCUT2D eigenvalue weighted by Crippen LogP contribution is 2.62. The van der Waals surface area contributed by atoms with Crippen LogP contribution in [-0.2, 0) is 6.42 Å². The smallest absolute Gasteiger partial charge is 0.141 e. The monoisotopic (exact) mass is 768 g/mol. The molecule has 9 aromatic rings. The summed E-state index contributed by atoms with van der Waals surface area (Å²) in [6.07, 6.45) is 8.43. The number of fused-ring (bicyclic) bond motifs is 16. The first-order chi connectivity index (χ1) is 29.5. The topological polar surface area (TPSA) is 25.8 Å². The predicted molar refractivity (Wildman–Crippen MR) is 249 cm³/mol. The fraction of sp³-hybridized carbons (Fsp3) is 0.172. The van der Waals surface area contributed by atoms with Crippen molar-refractivity contribution in [2.75, 3.05) is 0 Å². The zero-order chi connectivity index (χ0) is 39.9. The fourth-order valence-electron chi connectivity index (χ4n) is 12.3. The summed E-state index contributed by atoms with van der Waals surface area (Å²) in [6, 6.07) is 54.6. The molecule has 2 nitrogen and oxygen atoms in total. The molecular formula is C58H44N2. The van der Waals surface area contributed by atoms with E-state index < -0.39 is 0 Å². The number of rotatable bonds is 3.